The molecule has 0 fully saturated rings. The summed E-state index contributed by atoms with van der Waals surface area (Å²) in [6.45, 7) is 3.48. The number of nitrogens with one attached hydrogen (secondary N) is 1. The summed E-state index contributed by atoms with van der Waals surface area (Å²) in [5.41, 5.74) is 2.22. The van der Waals surface area contributed by atoms with E-state index in [1.807, 2.05) is 6.92 Å². The van der Waals surface area contributed by atoms with Crippen molar-refractivity contribution < 1.29 is 22.3 Å². The predicted octanol–water partition coefficient (Wildman–Crippen LogP) is 4.22. The van der Waals surface area contributed by atoms with Gasteiger partial charge in [0, 0.05) is 7.05 Å². The number of sulfonamides is 1. The fraction of sp³-hybridized carbons (Fsp3) is 0.208. The summed E-state index contributed by atoms with van der Waals surface area (Å²) in [7, 11) is -2.20. The first kappa shape index (κ1) is 23.3. The first-order valence-corrected chi connectivity index (χ1v) is 11.4. The van der Waals surface area contributed by atoms with Crippen molar-refractivity contribution in [2.45, 2.75) is 24.8 Å². The van der Waals surface area contributed by atoms with E-state index in [2.05, 4.69) is 5.32 Å². The zero-order chi connectivity index (χ0) is 23.3. The second kappa shape index (κ2) is 9.82. The highest BCUT2D eigenvalue weighted by atomic mass is 32.2. The first-order valence-electron chi connectivity index (χ1n) is 10.00. The number of ether oxygens (including phenoxy) is 1. The maximum atomic E-state index is 13.0. The quantitative estimate of drug-likeness (QED) is 0.551. The van der Waals surface area contributed by atoms with Crippen LogP contribution in [0.4, 0.5) is 10.1 Å². The van der Waals surface area contributed by atoms with Crippen molar-refractivity contribution in [3.8, 4) is 5.75 Å². The molecule has 3 aromatic carbocycles. The molecule has 1 amide bonds. The van der Waals surface area contributed by atoms with Crippen LogP contribution in [0.1, 0.15) is 24.1 Å². The van der Waals surface area contributed by atoms with Gasteiger partial charge in [0.25, 0.3) is 15.9 Å². The molecule has 3 aromatic rings. The molecule has 0 saturated carbocycles. The van der Waals surface area contributed by atoms with Gasteiger partial charge >= 0.3 is 0 Å². The van der Waals surface area contributed by atoms with Crippen molar-refractivity contribution in [1.29, 1.82) is 0 Å². The Balaban J connectivity index is 1.57. The van der Waals surface area contributed by atoms with E-state index in [0.29, 0.717) is 11.4 Å². The Kier molecular flexibility index (Phi) is 7.15. The molecule has 0 aliphatic carbocycles. The average Bonchev–Trinajstić information content (AvgIpc) is 2.78. The van der Waals surface area contributed by atoms with Crippen LogP contribution in [0.2, 0.25) is 0 Å². The van der Waals surface area contributed by atoms with E-state index in [4.69, 9.17) is 4.74 Å². The number of rotatable bonds is 8. The number of hydrogen-bond acceptors (Lipinski definition) is 4. The van der Waals surface area contributed by atoms with Crippen molar-refractivity contribution in [2.75, 3.05) is 18.0 Å². The van der Waals surface area contributed by atoms with E-state index in [1.165, 1.54) is 23.5 Å². The van der Waals surface area contributed by atoms with Gasteiger partial charge in [-0.3, -0.25) is 9.10 Å². The maximum absolute atomic E-state index is 13.0. The minimum atomic E-state index is -3.69. The summed E-state index contributed by atoms with van der Waals surface area (Å²) in [6, 6.07) is 18.7. The molecule has 0 saturated heterocycles. The van der Waals surface area contributed by atoms with E-state index >= 15 is 0 Å². The normalized spacial score (nSPS) is 12.1. The number of anilines is 1. The van der Waals surface area contributed by atoms with Gasteiger partial charge in [0.05, 0.1) is 16.6 Å². The van der Waals surface area contributed by atoms with Crippen LogP contribution in [0.3, 0.4) is 0 Å². The molecule has 0 heterocycles. The molecular formula is C24H25FN2O4S. The van der Waals surface area contributed by atoms with Gasteiger partial charge in [-0.2, -0.15) is 0 Å². The molecule has 1 N–H and O–H groups in total. The van der Waals surface area contributed by atoms with E-state index in [0.717, 1.165) is 11.1 Å². The van der Waals surface area contributed by atoms with Gasteiger partial charge in [-0.05, 0) is 67.9 Å². The smallest absolute Gasteiger partial charge is 0.264 e. The molecule has 0 spiro atoms. The van der Waals surface area contributed by atoms with Gasteiger partial charge in [0.1, 0.15) is 11.6 Å². The highest BCUT2D eigenvalue weighted by Crippen LogP contribution is 2.24. The average molecular weight is 457 g/mol. The summed E-state index contributed by atoms with van der Waals surface area (Å²) in [5, 5.41) is 2.78. The molecule has 0 radical (unpaired) electrons. The molecule has 6 nitrogen and oxygen atoms in total. The zero-order valence-electron chi connectivity index (χ0n) is 18.1. The Morgan fingerprint density at radius 1 is 1.00 bits per heavy atom. The molecule has 168 valence electrons. The number of carbonyl (C=O) groups excluding carboxylic acids is 1. The van der Waals surface area contributed by atoms with Crippen LogP contribution in [-0.4, -0.2) is 28.0 Å². The number of amides is 1. The van der Waals surface area contributed by atoms with Crippen LogP contribution in [0.15, 0.2) is 77.7 Å². The summed E-state index contributed by atoms with van der Waals surface area (Å²) in [4.78, 5) is 12.4. The number of nitrogens with zero attached hydrogens (tertiary/aromatic N) is 1. The zero-order valence-corrected chi connectivity index (χ0v) is 18.9. The SMILES string of the molecule is Cc1ccc(S(=O)(=O)N(C)c2ccc(OCC(=O)N[C@H](C)c3ccc(F)cc3)cc2)cc1. The van der Waals surface area contributed by atoms with E-state index < -0.39 is 10.0 Å². The Morgan fingerprint density at radius 2 is 1.59 bits per heavy atom. The molecule has 0 unspecified atom stereocenters. The largest absolute Gasteiger partial charge is 0.484 e. The van der Waals surface area contributed by atoms with E-state index in [-0.39, 0.29) is 29.3 Å². The lowest BCUT2D eigenvalue weighted by Crippen LogP contribution is -2.31. The number of aryl methyl sites for hydroxylation is 1. The van der Waals surface area contributed by atoms with Gasteiger partial charge in [-0.25, -0.2) is 12.8 Å². The highest BCUT2D eigenvalue weighted by Gasteiger charge is 2.21. The van der Waals surface area contributed by atoms with Crippen LogP contribution >= 0.6 is 0 Å². The van der Waals surface area contributed by atoms with Crippen molar-refractivity contribution in [3.63, 3.8) is 0 Å². The standard InChI is InChI=1S/C24H25FN2O4S/c1-17-4-14-23(15-5-17)32(29,30)27(3)21-10-12-22(13-11-21)31-16-24(28)26-18(2)19-6-8-20(25)9-7-19/h4-15,18H,16H2,1-3H3,(H,26,28)/t18-/m1/s1. The van der Waals surface area contributed by atoms with Crippen LogP contribution in [0, 0.1) is 12.7 Å². The Labute approximate surface area is 187 Å². The molecule has 0 aliphatic rings. The summed E-state index contributed by atoms with van der Waals surface area (Å²) in [5.74, 6) is -0.235. The van der Waals surface area contributed by atoms with Gasteiger partial charge in [-0.1, -0.05) is 29.8 Å². The molecule has 0 bridgehead atoms. The third-order valence-corrected chi connectivity index (χ3v) is 6.80. The molecule has 0 aromatic heterocycles. The fourth-order valence-corrected chi connectivity index (χ4v) is 4.22. The van der Waals surface area contributed by atoms with Gasteiger partial charge in [-0.15, -0.1) is 0 Å². The van der Waals surface area contributed by atoms with Crippen molar-refractivity contribution >= 4 is 21.6 Å². The van der Waals surface area contributed by atoms with E-state index in [9.17, 15) is 17.6 Å². The lowest BCUT2D eigenvalue weighted by molar-refractivity contribution is -0.123. The van der Waals surface area contributed by atoms with Gasteiger partial charge in [0.2, 0.25) is 0 Å². The minimum Gasteiger partial charge on any atom is -0.484 e. The lowest BCUT2D eigenvalue weighted by atomic mass is 10.1. The van der Waals surface area contributed by atoms with E-state index in [1.54, 1.807) is 67.6 Å². The Hall–Kier alpha value is -3.39. The molecule has 32 heavy (non-hydrogen) atoms. The van der Waals surface area contributed by atoms with Crippen LogP contribution in [0.5, 0.6) is 5.75 Å². The van der Waals surface area contributed by atoms with Crippen LogP contribution in [-0.2, 0) is 14.8 Å². The van der Waals surface area contributed by atoms with Crippen LogP contribution < -0.4 is 14.4 Å². The predicted molar refractivity (Wildman–Crippen MR) is 122 cm³/mol. The van der Waals surface area contributed by atoms with Crippen molar-refractivity contribution in [1.82, 2.24) is 5.32 Å². The number of benzene rings is 3. The Morgan fingerprint density at radius 3 is 2.19 bits per heavy atom. The van der Waals surface area contributed by atoms with Gasteiger partial charge < -0.3 is 10.1 Å². The number of carbonyl (C=O) groups is 1. The summed E-state index contributed by atoms with van der Waals surface area (Å²) in [6.07, 6.45) is 0. The summed E-state index contributed by atoms with van der Waals surface area (Å²) >= 11 is 0. The fourth-order valence-electron chi connectivity index (χ4n) is 3.03. The number of hydrogen-bond donors (Lipinski definition) is 1. The second-order valence-corrected chi connectivity index (χ2v) is 9.38. The van der Waals surface area contributed by atoms with Crippen molar-refractivity contribution in [2.24, 2.45) is 0 Å². The van der Waals surface area contributed by atoms with Gasteiger partial charge in [0.15, 0.2) is 6.61 Å². The highest BCUT2D eigenvalue weighted by molar-refractivity contribution is 7.92. The second-order valence-electron chi connectivity index (χ2n) is 7.41. The minimum absolute atomic E-state index is 0.206. The molecule has 0 aliphatic heterocycles. The van der Waals surface area contributed by atoms with Crippen LogP contribution in [0.25, 0.3) is 0 Å². The lowest BCUT2D eigenvalue weighted by Gasteiger charge is -2.20. The maximum Gasteiger partial charge on any atom is 0.264 e. The monoisotopic (exact) mass is 456 g/mol. The third-order valence-electron chi connectivity index (χ3n) is 5.00. The summed E-state index contributed by atoms with van der Waals surface area (Å²) < 4.78 is 45.3. The number of halogens is 1. The molecule has 3 rings (SSSR count). The third kappa shape index (κ3) is 5.64. The topological polar surface area (TPSA) is 75.7 Å². The van der Waals surface area contributed by atoms with Crippen molar-refractivity contribution in [3.05, 3.63) is 89.7 Å². The first-order chi connectivity index (χ1) is 15.2. The Bertz CT molecular complexity index is 1160. The molecular weight excluding hydrogens is 431 g/mol. The molecule has 1 atom stereocenters. The molecule has 8 heteroatoms.